The molecule has 3 spiro atoms. The molecule has 6 aliphatic heterocycles. The fourth-order valence-electron chi connectivity index (χ4n) is 11.1. The highest BCUT2D eigenvalue weighted by atomic mass is 16.9. The summed E-state index contributed by atoms with van der Waals surface area (Å²) in [6.07, 6.45) is 2.20. The van der Waals surface area contributed by atoms with Gasteiger partial charge in [-0.3, -0.25) is 4.79 Å². The van der Waals surface area contributed by atoms with Crippen LogP contribution >= 0.6 is 0 Å². The standard InChI is InChI=1S/C32H44O11/c1-15(2)30-22(37-18(5)34)17(4)31-20-23-28(14-33,38-23)25(35)32-21(31)19(27(6,41-32)40-26(32)36)16(3)12-10-8-7-9-11-13-29(42-30,43-31)39-24(20)30/h16-17,19-25,33,35H,1,7-14H2,2-6H3/t16-,17+,19+,20-,21?,22+,23-,24+,25+,27-,28-,29-,30-,31+,32-/m0/s1. The molecule has 1 unspecified atom stereocenters. The number of fused-ring (bicyclic) bond motifs is 3. The molecule has 0 aromatic carbocycles. The molecule has 0 amide bonds. The molecule has 15 atom stereocenters. The average Bonchev–Trinajstić information content (AvgIpc) is 3.43. The van der Waals surface area contributed by atoms with Crippen molar-refractivity contribution in [3.63, 3.8) is 0 Å². The zero-order chi connectivity index (χ0) is 30.5. The predicted octanol–water partition coefficient (Wildman–Crippen LogP) is 2.50. The molecule has 6 saturated heterocycles. The molecular formula is C32H44O11. The van der Waals surface area contributed by atoms with E-state index in [0.29, 0.717) is 12.0 Å². The van der Waals surface area contributed by atoms with Gasteiger partial charge >= 0.3 is 11.9 Å². The Morgan fingerprint density at radius 1 is 1.02 bits per heavy atom. The van der Waals surface area contributed by atoms with Crippen molar-refractivity contribution in [3.8, 4) is 0 Å². The molecule has 2 N–H and O–H groups in total. The van der Waals surface area contributed by atoms with E-state index in [1.165, 1.54) is 6.92 Å². The number of carbonyl (C=O) groups is 2. The van der Waals surface area contributed by atoms with E-state index in [-0.39, 0.29) is 11.8 Å². The first kappa shape index (κ1) is 28.8. The van der Waals surface area contributed by atoms with E-state index in [1.54, 1.807) is 6.92 Å². The summed E-state index contributed by atoms with van der Waals surface area (Å²) in [6, 6.07) is 0. The lowest BCUT2D eigenvalue weighted by Crippen LogP contribution is -2.78. The first-order valence-electron chi connectivity index (χ1n) is 16.1. The lowest BCUT2D eigenvalue weighted by molar-refractivity contribution is -0.436. The summed E-state index contributed by atoms with van der Waals surface area (Å²) >= 11 is 0. The van der Waals surface area contributed by atoms with Crippen LogP contribution in [0.1, 0.15) is 79.6 Å². The van der Waals surface area contributed by atoms with E-state index in [9.17, 15) is 19.8 Å². The second kappa shape index (κ2) is 8.60. The maximum absolute atomic E-state index is 14.2. The number of ether oxygens (including phenoxy) is 7. The molecule has 0 aromatic rings. The van der Waals surface area contributed by atoms with Crippen LogP contribution in [0.5, 0.6) is 0 Å². The van der Waals surface area contributed by atoms with E-state index < -0.39 is 94.9 Å². The SMILES string of the molecule is C=C(C)[C@@]12O[C@@]34CCCCCCC[C@H](C)[C@@H]5C6[C@](O3)([C@H]([C@H]1O4)[C@@H]1O[C@]1(CO)[C@@H](O)[C@@]61O[C@]5(C)OC1=O)[C@H](C)[C@H]2OC(C)=O. The summed E-state index contributed by atoms with van der Waals surface area (Å²) in [5.74, 6) is -6.35. The largest absolute Gasteiger partial charge is 0.459 e. The lowest BCUT2D eigenvalue weighted by Gasteiger charge is -2.63. The highest BCUT2D eigenvalue weighted by molar-refractivity contribution is 5.86. The Balaban J connectivity index is 1.45. The minimum atomic E-state index is -1.89. The molecule has 2 saturated carbocycles. The van der Waals surface area contributed by atoms with Gasteiger partial charge < -0.3 is 43.4 Å². The lowest BCUT2D eigenvalue weighted by atomic mass is 9.49. The molecule has 238 valence electrons. The number of hydrogen-bond acceptors (Lipinski definition) is 11. The Kier molecular flexibility index (Phi) is 5.77. The van der Waals surface area contributed by atoms with Crippen LogP contribution in [0.15, 0.2) is 12.2 Å². The van der Waals surface area contributed by atoms with E-state index in [4.69, 9.17) is 33.2 Å². The van der Waals surface area contributed by atoms with Crippen LogP contribution in [0.3, 0.4) is 0 Å². The van der Waals surface area contributed by atoms with Crippen LogP contribution in [0, 0.1) is 29.6 Å². The summed E-state index contributed by atoms with van der Waals surface area (Å²) in [7, 11) is 0. The van der Waals surface area contributed by atoms with Crippen LogP contribution in [0.4, 0.5) is 0 Å². The van der Waals surface area contributed by atoms with Gasteiger partial charge in [-0.1, -0.05) is 52.5 Å². The first-order chi connectivity index (χ1) is 20.3. The van der Waals surface area contributed by atoms with Crippen LogP contribution in [0.2, 0.25) is 0 Å². The maximum Gasteiger partial charge on any atom is 0.344 e. The van der Waals surface area contributed by atoms with Crippen LogP contribution < -0.4 is 0 Å². The number of aliphatic hydroxyl groups excluding tert-OH is 2. The van der Waals surface area contributed by atoms with Crippen LogP contribution in [-0.4, -0.2) is 87.3 Å². The van der Waals surface area contributed by atoms with Gasteiger partial charge in [0.25, 0.3) is 5.97 Å². The fourth-order valence-corrected chi connectivity index (χ4v) is 11.1. The van der Waals surface area contributed by atoms with Crippen molar-refractivity contribution in [2.45, 2.75) is 138 Å². The van der Waals surface area contributed by atoms with Crippen LogP contribution in [0.25, 0.3) is 0 Å². The predicted molar refractivity (Wildman–Crippen MR) is 146 cm³/mol. The second-order valence-electron chi connectivity index (χ2n) is 14.8. The Bertz CT molecular complexity index is 1290. The molecule has 8 aliphatic rings. The van der Waals surface area contributed by atoms with Crippen molar-refractivity contribution in [2.75, 3.05) is 6.61 Å². The molecule has 6 heterocycles. The maximum atomic E-state index is 14.2. The van der Waals surface area contributed by atoms with Crippen molar-refractivity contribution >= 4 is 11.9 Å². The molecule has 8 rings (SSSR count). The number of hydrogen-bond donors (Lipinski definition) is 2. The topological polar surface area (TPSA) is 143 Å². The summed E-state index contributed by atoms with van der Waals surface area (Å²) < 4.78 is 46.5. The molecule has 11 heteroatoms. The van der Waals surface area contributed by atoms with E-state index in [0.717, 1.165) is 38.5 Å². The summed E-state index contributed by atoms with van der Waals surface area (Å²) in [5, 5.41) is 23.2. The van der Waals surface area contributed by atoms with Gasteiger partial charge in [0.1, 0.15) is 30.0 Å². The highest BCUT2D eigenvalue weighted by Crippen LogP contribution is 2.77. The van der Waals surface area contributed by atoms with Crippen molar-refractivity contribution in [2.24, 2.45) is 29.6 Å². The Morgan fingerprint density at radius 2 is 1.74 bits per heavy atom. The Morgan fingerprint density at radius 3 is 2.44 bits per heavy atom. The third kappa shape index (κ3) is 3.07. The number of carbonyl (C=O) groups excluding carboxylic acids is 2. The van der Waals surface area contributed by atoms with Gasteiger partial charge in [-0.25, -0.2) is 4.79 Å². The van der Waals surface area contributed by atoms with Gasteiger partial charge in [-0.15, -0.1) is 0 Å². The van der Waals surface area contributed by atoms with Gasteiger partial charge in [0.05, 0.1) is 12.2 Å². The van der Waals surface area contributed by atoms with E-state index >= 15 is 0 Å². The first-order valence-corrected chi connectivity index (χ1v) is 16.1. The van der Waals surface area contributed by atoms with Gasteiger partial charge in [-0.05, 0) is 24.8 Å². The summed E-state index contributed by atoms with van der Waals surface area (Å²) in [6.45, 7) is 12.9. The normalized spacial score (nSPS) is 59.2. The minimum absolute atomic E-state index is 0.0153. The molecule has 8 fully saturated rings. The third-order valence-corrected chi connectivity index (χ3v) is 12.6. The molecule has 0 aromatic heterocycles. The smallest absolute Gasteiger partial charge is 0.344 e. The average molecular weight is 605 g/mol. The molecule has 0 radical (unpaired) electrons. The van der Waals surface area contributed by atoms with Crippen molar-refractivity contribution in [1.29, 1.82) is 0 Å². The fraction of sp³-hybridized carbons (Fsp3) is 0.875. The van der Waals surface area contributed by atoms with Crippen molar-refractivity contribution in [3.05, 3.63) is 12.2 Å². The van der Waals surface area contributed by atoms with Crippen LogP contribution in [-0.2, 0) is 42.7 Å². The van der Waals surface area contributed by atoms with E-state index in [2.05, 4.69) is 13.5 Å². The van der Waals surface area contributed by atoms with Gasteiger partial charge in [0.15, 0.2) is 5.60 Å². The van der Waals surface area contributed by atoms with Gasteiger partial charge in [0, 0.05) is 43.9 Å². The molecular weight excluding hydrogens is 560 g/mol. The molecule has 5 bridgehead atoms. The van der Waals surface area contributed by atoms with Crippen molar-refractivity contribution in [1.82, 2.24) is 0 Å². The van der Waals surface area contributed by atoms with Gasteiger partial charge in [-0.2, -0.15) is 0 Å². The Hall–Kier alpha value is -1.60. The molecule has 43 heavy (non-hydrogen) atoms. The number of rotatable bonds is 3. The van der Waals surface area contributed by atoms with E-state index in [1.807, 2.05) is 13.8 Å². The summed E-state index contributed by atoms with van der Waals surface area (Å²) in [5.41, 5.74) is -5.36. The molecule has 2 aliphatic carbocycles. The minimum Gasteiger partial charge on any atom is -0.459 e. The quantitative estimate of drug-likeness (QED) is 0.279. The number of aliphatic hydroxyl groups is 2. The second-order valence-corrected chi connectivity index (χ2v) is 14.8. The number of esters is 2. The van der Waals surface area contributed by atoms with Gasteiger partial charge in [0.2, 0.25) is 11.4 Å². The highest BCUT2D eigenvalue weighted by Gasteiger charge is 2.95. The summed E-state index contributed by atoms with van der Waals surface area (Å²) in [4.78, 5) is 26.9. The monoisotopic (exact) mass is 604 g/mol. The van der Waals surface area contributed by atoms with Crippen molar-refractivity contribution < 1.29 is 53.0 Å². The molecule has 11 nitrogen and oxygen atoms in total. The zero-order valence-corrected chi connectivity index (χ0v) is 25.6. The number of epoxide rings is 1. The third-order valence-electron chi connectivity index (χ3n) is 12.6. The zero-order valence-electron chi connectivity index (χ0n) is 25.6. The Labute approximate surface area is 251 Å².